The van der Waals surface area contributed by atoms with E-state index in [0.717, 1.165) is 39.8 Å². The van der Waals surface area contributed by atoms with Gasteiger partial charge >= 0.3 is 0 Å². The Morgan fingerprint density at radius 1 is 0.333 bits per heavy atom. The molecule has 0 bridgehead atoms. The predicted molar refractivity (Wildman–Crippen MR) is 253 cm³/mol. The molecule has 0 saturated heterocycles. The van der Waals surface area contributed by atoms with Gasteiger partial charge in [-0.1, -0.05) is 141 Å². The molecular weight excluding hydrogens is 727 g/mol. The summed E-state index contributed by atoms with van der Waals surface area (Å²) in [5, 5.41) is 2.52. The van der Waals surface area contributed by atoms with Gasteiger partial charge < -0.3 is 14.4 Å². The van der Waals surface area contributed by atoms with Gasteiger partial charge in [0.15, 0.2) is 0 Å². The van der Waals surface area contributed by atoms with Crippen LogP contribution < -0.4 is 9.80 Å². The van der Waals surface area contributed by atoms with Crippen molar-refractivity contribution in [2.45, 2.75) is 19.3 Å². The Bertz CT molecular complexity index is 3110. The molecule has 286 valence electrons. The molecule has 60 heavy (non-hydrogen) atoms. The minimum atomic E-state index is -0.184. The van der Waals surface area contributed by atoms with Crippen molar-refractivity contribution < 1.29 is 0 Å². The van der Waals surface area contributed by atoms with E-state index in [9.17, 15) is 0 Å². The molecule has 1 aliphatic rings. The lowest BCUT2D eigenvalue weighted by Gasteiger charge is -2.28. The lowest BCUT2D eigenvalue weighted by atomic mass is 9.82. The maximum atomic E-state index is 2.42. The van der Waals surface area contributed by atoms with E-state index in [1.165, 1.54) is 55.2 Å². The number of fused-ring (bicyclic) bond motifs is 6. The molecule has 9 aromatic carbocycles. The smallest absolute Gasteiger partial charge is 0.0547 e. The third-order valence-electron chi connectivity index (χ3n) is 12.3. The van der Waals surface area contributed by atoms with Crippen molar-refractivity contribution in [2.24, 2.45) is 0 Å². The molecule has 1 heterocycles. The zero-order chi connectivity index (χ0) is 40.2. The van der Waals surface area contributed by atoms with Crippen LogP contribution in [0.25, 0.3) is 49.7 Å². The highest BCUT2D eigenvalue weighted by molar-refractivity contribution is 6.10. The third kappa shape index (κ3) is 5.89. The molecular formula is C57H43N3. The van der Waals surface area contributed by atoms with Crippen molar-refractivity contribution in [3.63, 3.8) is 0 Å². The van der Waals surface area contributed by atoms with Gasteiger partial charge in [-0.2, -0.15) is 0 Å². The summed E-state index contributed by atoms with van der Waals surface area (Å²) < 4.78 is 2.39. The zero-order valence-corrected chi connectivity index (χ0v) is 33.7. The Morgan fingerprint density at radius 3 is 1.45 bits per heavy atom. The molecule has 10 aromatic rings. The van der Waals surface area contributed by atoms with E-state index in [-0.39, 0.29) is 5.41 Å². The van der Waals surface area contributed by atoms with E-state index in [4.69, 9.17) is 0 Å². The number of anilines is 6. The molecule has 1 aliphatic carbocycles. The molecule has 0 unspecified atom stereocenters. The van der Waals surface area contributed by atoms with Gasteiger partial charge in [0, 0.05) is 56.0 Å². The van der Waals surface area contributed by atoms with Gasteiger partial charge in [0.25, 0.3) is 0 Å². The third-order valence-corrected chi connectivity index (χ3v) is 12.3. The van der Waals surface area contributed by atoms with Crippen molar-refractivity contribution in [2.75, 3.05) is 9.80 Å². The topological polar surface area (TPSA) is 11.4 Å². The molecule has 0 aliphatic heterocycles. The molecule has 0 saturated carbocycles. The summed E-state index contributed by atoms with van der Waals surface area (Å²) in [7, 11) is 0. The predicted octanol–water partition coefficient (Wildman–Crippen LogP) is 15.7. The van der Waals surface area contributed by atoms with Crippen LogP contribution in [-0.4, -0.2) is 4.57 Å². The molecule has 0 fully saturated rings. The maximum absolute atomic E-state index is 2.42. The molecule has 0 atom stereocenters. The molecule has 11 rings (SSSR count). The molecule has 0 N–H and O–H groups in total. The van der Waals surface area contributed by atoms with Crippen molar-refractivity contribution in [1.82, 2.24) is 4.57 Å². The second kappa shape index (κ2) is 14.3. The Balaban J connectivity index is 0.980. The van der Waals surface area contributed by atoms with E-state index in [0.29, 0.717) is 0 Å². The number of rotatable bonds is 8. The Morgan fingerprint density at radius 2 is 0.817 bits per heavy atom. The fourth-order valence-electron chi connectivity index (χ4n) is 9.44. The number of nitrogens with zero attached hydrogens (tertiary/aromatic N) is 3. The second-order valence-electron chi connectivity index (χ2n) is 16.2. The Hall–Kier alpha value is -7.62. The molecule has 0 radical (unpaired) electrons. The first-order valence-corrected chi connectivity index (χ1v) is 20.8. The van der Waals surface area contributed by atoms with E-state index >= 15 is 0 Å². The SMILES string of the molecule is CC1(C)c2ccc(N(c3ccccc3)c3ccccc3)cc2-c2ccc(N(c3ccccc3)c3ccc(-c4ccc5c6ccccc6n(-c6ccccc6)c5c4)cc3)cc21. The normalized spacial score (nSPS) is 12.6. The van der Waals surface area contributed by atoms with Crippen LogP contribution in [0.1, 0.15) is 25.0 Å². The Labute approximate surface area is 351 Å². The minimum Gasteiger partial charge on any atom is -0.310 e. The van der Waals surface area contributed by atoms with Crippen LogP contribution in [0, 0.1) is 0 Å². The molecule has 3 nitrogen and oxygen atoms in total. The van der Waals surface area contributed by atoms with Gasteiger partial charge in [-0.15, -0.1) is 0 Å². The van der Waals surface area contributed by atoms with Gasteiger partial charge in [-0.3, -0.25) is 0 Å². The molecule has 1 aromatic heterocycles. The van der Waals surface area contributed by atoms with E-state index in [1.54, 1.807) is 0 Å². The molecule has 0 amide bonds. The number of aromatic nitrogens is 1. The van der Waals surface area contributed by atoms with Gasteiger partial charge in [0.05, 0.1) is 11.0 Å². The summed E-state index contributed by atoms with van der Waals surface area (Å²) in [5.74, 6) is 0. The average Bonchev–Trinajstić information content (AvgIpc) is 3.75. The van der Waals surface area contributed by atoms with Crippen molar-refractivity contribution in [3.8, 4) is 27.9 Å². The van der Waals surface area contributed by atoms with Gasteiger partial charge in [0.1, 0.15) is 0 Å². The van der Waals surface area contributed by atoms with E-state index in [2.05, 4.69) is 253 Å². The average molecular weight is 770 g/mol. The summed E-state index contributed by atoms with van der Waals surface area (Å²) in [6.45, 7) is 4.73. The van der Waals surface area contributed by atoms with Crippen LogP contribution in [0.5, 0.6) is 0 Å². The number of hydrogen-bond acceptors (Lipinski definition) is 2. The van der Waals surface area contributed by atoms with Crippen LogP contribution >= 0.6 is 0 Å². The van der Waals surface area contributed by atoms with Gasteiger partial charge in [-0.05, 0) is 130 Å². The van der Waals surface area contributed by atoms with Crippen LogP contribution in [0.3, 0.4) is 0 Å². The van der Waals surface area contributed by atoms with Crippen LogP contribution in [-0.2, 0) is 5.41 Å². The van der Waals surface area contributed by atoms with E-state index < -0.39 is 0 Å². The summed E-state index contributed by atoms with van der Waals surface area (Å²) in [4.78, 5) is 4.74. The van der Waals surface area contributed by atoms with Crippen molar-refractivity contribution >= 4 is 55.9 Å². The highest BCUT2D eigenvalue weighted by atomic mass is 15.1. The monoisotopic (exact) mass is 769 g/mol. The summed E-state index contributed by atoms with van der Waals surface area (Å²) in [6, 6.07) is 81.4. The summed E-state index contributed by atoms with van der Waals surface area (Å²) >= 11 is 0. The van der Waals surface area contributed by atoms with Crippen LogP contribution in [0.2, 0.25) is 0 Å². The van der Waals surface area contributed by atoms with Crippen molar-refractivity contribution in [1.29, 1.82) is 0 Å². The first kappa shape index (κ1) is 35.5. The number of benzene rings is 9. The summed E-state index contributed by atoms with van der Waals surface area (Å²) in [5.41, 5.74) is 17.8. The highest BCUT2D eigenvalue weighted by Crippen LogP contribution is 2.52. The first-order chi connectivity index (χ1) is 29.5. The summed E-state index contributed by atoms with van der Waals surface area (Å²) in [6.07, 6.45) is 0. The van der Waals surface area contributed by atoms with Crippen LogP contribution in [0.15, 0.2) is 224 Å². The second-order valence-corrected chi connectivity index (χ2v) is 16.2. The standard InChI is InChI=1S/C57H43N3/c1-57(2)53-36-33-47(58(42-17-7-3-8-18-42)43-19-9-4-10-20-43)38-52(53)49-35-32-48(39-54(49)57)59(44-21-11-5-12-22-44)46-30-27-40(28-31-46)41-29-34-51-50-25-15-16-26-55(50)60(56(51)37-41)45-23-13-6-14-24-45/h3-39H,1-2H3. The lowest BCUT2D eigenvalue weighted by Crippen LogP contribution is -2.17. The van der Waals surface area contributed by atoms with Gasteiger partial charge in [-0.25, -0.2) is 0 Å². The Kier molecular flexibility index (Phi) is 8.49. The van der Waals surface area contributed by atoms with Gasteiger partial charge in [0.2, 0.25) is 0 Å². The fourth-order valence-corrected chi connectivity index (χ4v) is 9.44. The maximum Gasteiger partial charge on any atom is 0.0547 e. The van der Waals surface area contributed by atoms with Crippen molar-refractivity contribution in [3.05, 3.63) is 236 Å². The number of para-hydroxylation sites is 5. The minimum absolute atomic E-state index is 0.184. The lowest BCUT2D eigenvalue weighted by molar-refractivity contribution is 0.660. The van der Waals surface area contributed by atoms with Crippen LogP contribution in [0.4, 0.5) is 34.1 Å². The molecule has 0 spiro atoms. The highest BCUT2D eigenvalue weighted by Gasteiger charge is 2.36. The largest absolute Gasteiger partial charge is 0.310 e. The zero-order valence-electron chi connectivity index (χ0n) is 33.7. The quantitative estimate of drug-likeness (QED) is 0.152. The number of hydrogen-bond donors (Lipinski definition) is 0. The van der Waals surface area contributed by atoms with E-state index in [1.807, 2.05) is 0 Å². The molecule has 3 heteroatoms. The fraction of sp³-hybridized carbons (Fsp3) is 0.0526. The first-order valence-electron chi connectivity index (χ1n) is 20.8.